The maximum absolute atomic E-state index is 11.2. The summed E-state index contributed by atoms with van der Waals surface area (Å²) < 4.78 is 5.92. The summed E-state index contributed by atoms with van der Waals surface area (Å²) in [6.07, 6.45) is 2.90. The molecule has 0 atom stereocenters. The van der Waals surface area contributed by atoms with Gasteiger partial charge in [-0.25, -0.2) is 0 Å². The van der Waals surface area contributed by atoms with Gasteiger partial charge in [-0.1, -0.05) is 0 Å². The summed E-state index contributed by atoms with van der Waals surface area (Å²) in [4.78, 5) is 11.2. The molecule has 0 heterocycles. The van der Waals surface area contributed by atoms with E-state index < -0.39 is 0 Å². The van der Waals surface area contributed by atoms with Crippen molar-refractivity contribution < 1.29 is 9.53 Å². The fourth-order valence-corrected chi connectivity index (χ4v) is 2.45. The summed E-state index contributed by atoms with van der Waals surface area (Å²) in [6, 6.07) is 10.1. The molecule has 2 nitrogen and oxygen atoms in total. The molecule has 0 saturated heterocycles. The molecular weight excluding hydrogens is 243 g/mol. The number of hydrogen-bond donors (Lipinski definition) is 0. The van der Waals surface area contributed by atoms with Crippen LogP contribution in [0.3, 0.4) is 0 Å². The van der Waals surface area contributed by atoms with Crippen molar-refractivity contribution >= 4 is 25.2 Å². The Morgan fingerprint density at radius 2 is 2.14 bits per heavy atom. The Morgan fingerprint density at radius 3 is 2.79 bits per heavy atom. The molecule has 0 N–H and O–H groups in total. The number of allylic oxidation sites excluding steroid dienone is 1. The molecule has 0 spiro atoms. The normalized spacial score (nSPS) is 10.4. The number of carbonyl (C=O) groups excluding carboxylic acids is 1. The van der Waals surface area contributed by atoms with Gasteiger partial charge in [0, 0.05) is 0 Å². The molecule has 1 rings (SSSR count). The average Bonchev–Trinajstić information content (AvgIpc) is 2.25. The summed E-state index contributed by atoms with van der Waals surface area (Å²) >= 11 is 0.233. The molecule has 0 aliphatic rings. The van der Waals surface area contributed by atoms with Crippen molar-refractivity contribution in [2.45, 2.75) is 5.32 Å². The molecule has 0 radical (unpaired) electrons. The number of carbonyl (C=O) groups is 1. The molecule has 0 aliphatic heterocycles. The molecule has 0 unspecified atom stereocenters. The van der Waals surface area contributed by atoms with Gasteiger partial charge in [-0.2, -0.15) is 0 Å². The van der Waals surface area contributed by atoms with E-state index in [1.54, 1.807) is 0 Å². The molecule has 3 heteroatoms. The second-order valence-electron chi connectivity index (χ2n) is 2.61. The van der Waals surface area contributed by atoms with Crippen LogP contribution in [0, 0.1) is 0 Å². The van der Waals surface area contributed by atoms with Gasteiger partial charge in [0.25, 0.3) is 0 Å². The first kappa shape index (κ1) is 11.0. The van der Waals surface area contributed by atoms with Crippen molar-refractivity contribution in [3.05, 3.63) is 42.7 Å². The molecule has 74 valence electrons. The zero-order valence-corrected chi connectivity index (χ0v) is 9.69. The third-order valence-electron chi connectivity index (χ3n) is 1.51. The van der Waals surface area contributed by atoms with E-state index in [0.29, 0.717) is 5.32 Å². The van der Waals surface area contributed by atoms with Crippen molar-refractivity contribution in [1.29, 1.82) is 0 Å². The first-order valence-corrected chi connectivity index (χ1v) is 6.29. The summed E-state index contributed by atoms with van der Waals surface area (Å²) in [7, 11) is 1.53. The fraction of sp³-hybridized carbons (Fsp3) is 0.182. The minimum atomic E-state index is 0.121. The van der Waals surface area contributed by atoms with Crippen LogP contribution >= 0.6 is 0 Å². The molecule has 0 fully saturated rings. The van der Waals surface area contributed by atoms with Gasteiger partial charge in [0.2, 0.25) is 0 Å². The van der Waals surface area contributed by atoms with E-state index in [0.717, 1.165) is 0 Å². The zero-order chi connectivity index (χ0) is 10.2. The van der Waals surface area contributed by atoms with Crippen molar-refractivity contribution in [2.75, 3.05) is 7.11 Å². The Kier molecular flexibility index (Phi) is 5.05. The van der Waals surface area contributed by atoms with Crippen LogP contribution in [0.25, 0.3) is 0 Å². The molecule has 1 aromatic rings. The SMILES string of the molecule is COC=CC(=O)C[Se]c1ccccc1. The second-order valence-corrected chi connectivity index (χ2v) is 4.81. The van der Waals surface area contributed by atoms with Crippen LogP contribution in [-0.4, -0.2) is 27.8 Å². The van der Waals surface area contributed by atoms with Crippen molar-refractivity contribution in [3.63, 3.8) is 0 Å². The van der Waals surface area contributed by atoms with Gasteiger partial charge in [0.1, 0.15) is 0 Å². The topological polar surface area (TPSA) is 26.3 Å². The number of methoxy groups -OCH3 is 1. The second kappa shape index (κ2) is 6.41. The van der Waals surface area contributed by atoms with Crippen LogP contribution in [0.2, 0.25) is 5.32 Å². The fourth-order valence-electron chi connectivity index (χ4n) is 0.863. The third-order valence-corrected chi connectivity index (χ3v) is 3.68. The van der Waals surface area contributed by atoms with E-state index in [4.69, 9.17) is 0 Å². The van der Waals surface area contributed by atoms with Crippen LogP contribution in [0.4, 0.5) is 0 Å². The Labute approximate surface area is 90.1 Å². The van der Waals surface area contributed by atoms with Gasteiger partial charge in [0.15, 0.2) is 0 Å². The Bertz CT molecular complexity index is 306. The maximum atomic E-state index is 11.2. The first-order chi connectivity index (χ1) is 6.83. The van der Waals surface area contributed by atoms with E-state index in [9.17, 15) is 4.79 Å². The first-order valence-electron chi connectivity index (χ1n) is 4.23. The van der Waals surface area contributed by atoms with E-state index in [1.807, 2.05) is 30.3 Å². The van der Waals surface area contributed by atoms with Gasteiger partial charge in [-0.3, -0.25) is 0 Å². The van der Waals surface area contributed by atoms with Gasteiger partial charge < -0.3 is 0 Å². The standard InChI is InChI=1S/C11H12O2Se/c1-13-8-7-10(12)9-14-11-5-3-2-4-6-11/h2-8H,9H2,1H3. The third kappa shape index (κ3) is 4.26. The summed E-state index contributed by atoms with van der Waals surface area (Å²) in [5.41, 5.74) is 0. The van der Waals surface area contributed by atoms with Gasteiger partial charge in [-0.05, 0) is 0 Å². The molecule has 0 saturated carbocycles. The number of ketones is 1. The van der Waals surface area contributed by atoms with E-state index >= 15 is 0 Å². The summed E-state index contributed by atoms with van der Waals surface area (Å²) in [5.74, 6) is 0.121. The molecule has 0 aliphatic carbocycles. The molecule has 14 heavy (non-hydrogen) atoms. The van der Waals surface area contributed by atoms with Crippen LogP contribution in [0.1, 0.15) is 0 Å². The Hall–Kier alpha value is -1.05. The van der Waals surface area contributed by atoms with Crippen LogP contribution in [0.5, 0.6) is 0 Å². The monoisotopic (exact) mass is 256 g/mol. The molecule has 0 amide bonds. The molecule has 0 aromatic heterocycles. The zero-order valence-electron chi connectivity index (χ0n) is 7.97. The van der Waals surface area contributed by atoms with Gasteiger partial charge in [-0.15, -0.1) is 0 Å². The van der Waals surface area contributed by atoms with E-state index in [1.165, 1.54) is 23.9 Å². The van der Waals surface area contributed by atoms with Crippen molar-refractivity contribution in [1.82, 2.24) is 0 Å². The van der Waals surface area contributed by atoms with Crippen LogP contribution in [0.15, 0.2) is 42.7 Å². The molecule has 0 bridgehead atoms. The van der Waals surface area contributed by atoms with Crippen LogP contribution in [-0.2, 0) is 9.53 Å². The summed E-state index contributed by atoms with van der Waals surface area (Å²) in [5, 5.41) is 0.594. The minimum absolute atomic E-state index is 0.121. The number of hydrogen-bond acceptors (Lipinski definition) is 2. The van der Waals surface area contributed by atoms with Crippen LogP contribution < -0.4 is 4.46 Å². The molecular formula is C11H12O2Se. The average molecular weight is 255 g/mol. The number of benzene rings is 1. The van der Waals surface area contributed by atoms with Gasteiger partial charge in [0.05, 0.1) is 0 Å². The number of ether oxygens (including phenoxy) is 1. The quantitative estimate of drug-likeness (QED) is 0.448. The van der Waals surface area contributed by atoms with Gasteiger partial charge >= 0.3 is 89.8 Å². The summed E-state index contributed by atoms with van der Waals surface area (Å²) in [6.45, 7) is 0. The van der Waals surface area contributed by atoms with Crippen molar-refractivity contribution in [3.8, 4) is 0 Å². The Balaban J connectivity index is 2.34. The predicted octanol–water partition coefficient (Wildman–Crippen LogP) is 1.16. The van der Waals surface area contributed by atoms with E-state index in [-0.39, 0.29) is 20.7 Å². The predicted molar refractivity (Wildman–Crippen MR) is 57.8 cm³/mol. The Morgan fingerprint density at radius 1 is 1.43 bits per heavy atom. The molecule has 1 aromatic carbocycles. The van der Waals surface area contributed by atoms with Crippen molar-refractivity contribution in [2.24, 2.45) is 0 Å². The number of rotatable bonds is 5. The van der Waals surface area contributed by atoms with E-state index in [2.05, 4.69) is 4.74 Å².